The summed E-state index contributed by atoms with van der Waals surface area (Å²) >= 11 is 1.71. The Kier molecular flexibility index (Phi) is 4.47. The Labute approximate surface area is 130 Å². The lowest BCUT2D eigenvalue weighted by Crippen LogP contribution is -2.42. The minimum Gasteiger partial charge on any atom is -0.355 e. The SMILES string of the molecule is CCNCc1c(N2CCC(N(C)C)CC2)nc2sccn12. The van der Waals surface area contributed by atoms with Crippen molar-refractivity contribution < 1.29 is 0 Å². The fourth-order valence-electron chi connectivity index (χ4n) is 3.08. The summed E-state index contributed by atoms with van der Waals surface area (Å²) < 4.78 is 2.24. The maximum atomic E-state index is 4.87. The number of thiazole rings is 1. The van der Waals surface area contributed by atoms with Gasteiger partial charge in [0.1, 0.15) is 0 Å². The number of piperidine rings is 1. The highest BCUT2D eigenvalue weighted by Gasteiger charge is 2.25. The van der Waals surface area contributed by atoms with E-state index in [1.165, 1.54) is 24.4 Å². The largest absolute Gasteiger partial charge is 0.355 e. The van der Waals surface area contributed by atoms with E-state index in [2.05, 4.69) is 52.1 Å². The molecule has 21 heavy (non-hydrogen) atoms. The predicted molar refractivity (Wildman–Crippen MR) is 89.4 cm³/mol. The first-order valence-corrected chi connectivity index (χ1v) is 8.65. The van der Waals surface area contributed by atoms with Crippen LogP contribution in [0.3, 0.4) is 0 Å². The van der Waals surface area contributed by atoms with Crippen LogP contribution in [-0.2, 0) is 6.54 Å². The second kappa shape index (κ2) is 6.34. The minimum atomic E-state index is 0.710. The molecule has 6 heteroatoms. The molecule has 1 saturated heterocycles. The number of anilines is 1. The van der Waals surface area contributed by atoms with Crippen molar-refractivity contribution in [2.45, 2.75) is 32.4 Å². The van der Waals surface area contributed by atoms with Gasteiger partial charge in [-0.2, -0.15) is 0 Å². The van der Waals surface area contributed by atoms with Gasteiger partial charge >= 0.3 is 0 Å². The summed E-state index contributed by atoms with van der Waals surface area (Å²) in [4.78, 5) is 10.8. The molecule has 0 aliphatic carbocycles. The topological polar surface area (TPSA) is 35.8 Å². The molecule has 1 N–H and O–H groups in total. The summed E-state index contributed by atoms with van der Waals surface area (Å²) in [5, 5.41) is 5.56. The summed E-state index contributed by atoms with van der Waals surface area (Å²) in [6, 6.07) is 0.710. The maximum absolute atomic E-state index is 4.87. The Morgan fingerprint density at radius 2 is 2.14 bits per heavy atom. The first-order chi connectivity index (χ1) is 10.2. The standard InChI is InChI=1S/C15H25N5S/c1-4-16-11-13-14(17-15-20(13)9-10-21-15)19-7-5-12(6-8-19)18(2)3/h9-10,12,16H,4-8,11H2,1-3H3. The predicted octanol–water partition coefficient (Wildman–Crippen LogP) is 2.04. The van der Waals surface area contributed by atoms with Crippen LogP contribution < -0.4 is 10.2 Å². The van der Waals surface area contributed by atoms with Crippen LogP contribution in [0.1, 0.15) is 25.5 Å². The van der Waals surface area contributed by atoms with Crippen molar-refractivity contribution in [3.05, 3.63) is 17.3 Å². The quantitative estimate of drug-likeness (QED) is 0.917. The molecule has 0 unspecified atom stereocenters. The Morgan fingerprint density at radius 1 is 1.38 bits per heavy atom. The van der Waals surface area contributed by atoms with Crippen molar-refractivity contribution in [1.82, 2.24) is 19.6 Å². The average Bonchev–Trinajstić information content (AvgIpc) is 3.06. The van der Waals surface area contributed by atoms with Gasteiger partial charge in [0.05, 0.1) is 5.69 Å². The third-order valence-corrected chi connectivity index (χ3v) is 5.13. The zero-order valence-corrected chi connectivity index (χ0v) is 14.0. The monoisotopic (exact) mass is 307 g/mol. The van der Waals surface area contributed by atoms with Gasteiger partial charge in [-0.25, -0.2) is 4.98 Å². The molecule has 5 nitrogen and oxygen atoms in total. The third-order valence-electron chi connectivity index (χ3n) is 4.38. The number of hydrogen-bond donors (Lipinski definition) is 1. The molecular formula is C15H25N5S. The average molecular weight is 307 g/mol. The summed E-state index contributed by atoms with van der Waals surface area (Å²) in [6.45, 7) is 6.23. The second-order valence-electron chi connectivity index (χ2n) is 5.90. The molecule has 2 aromatic heterocycles. The fourth-order valence-corrected chi connectivity index (χ4v) is 3.80. The number of nitrogens with zero attached hydrogens (tertiary/aromatic N) is 4. The van der Waals surface area contributed by atoms with Crippen molar-refractivity contribution in [2.24, 2.45) is 0 Å². The Bertz CT molecular complexity index is 580. The van der Waals surface area contributed by atoms with E-state index in [1.807, 2.05) is 0 Å². The molecule has 3 heterocycles. The van der Waals surface area contributed by atoms with Crippen molar-refractivity contribution in [3.63, 3.8) is 0 Å². The number of nitrogens with one attached hydrogen (secondary N) is 1. The molecule has 1 aliphatic heterocycles. The molecule has 1 aliphatic rings. The van der Waals surface area contributed by atoms with E-state index >= 15 is 0 Å². The molecular weight excluding hydrogens is 282 g/mol. The summed E-state index contributed by atoms with van der Waals surface area (Å²) in [7, 11) is 4.37. The highest BCUT2D eigenvalue weighted by atomic mass is 32.1. The molecule has 0 amide bonds. The lowest BCUT2D eigenvalue weighted by Gasteiger charge is -2.35. The number of imidazole rings is 1. The van der Waals surface area contributed by atoms with E-state index in [0.29, 0.717) is 6.04 Å². The first-order valence-electron chi connectivity index (χ1n) is 7.77. The number of hydrogen-bond acceptors (Lipinski definition) is 5. The van der Waals surface area contributed by atoms with Crippen molar-refractivity contribution in [2.75, 3.05) is 38.6 Å². The minimum absolute atomic E-state index is 0.710. The van der Waals surface area contributed by atoms with E-state index < -0.39 is 0 Å². The molecule has 1 fully saturated rings. The van der Waals surface area contributed by atoms with Crippen LogP contribution in [0.5, 0.6) is 0 Å². The normalized spacial score (nSPS) is 17.2. The first kappa shape index (κ1) is 14.8. The molecule has 0 spiro atoms. The lowest BCUT2D eigenvalue weighted by atomic mass is 10.0. The Hall–Kier alpha value is -1.11. The van der Waals surface area contributed by atoms with Gasteiger partial charge in [-0.1, -0.05) is 6.92 Å². The van der Waals surface area contributed by atoms with Gasteiger partial charge in [0.25, 0.3) is 0 Å². The van der Waals surface area contributed by atoms with E-state index in [9.17, 15) is 0 Å². The van der Waals surface area contributed by atoms with Gasteiger partial charge in [0, 0.05) is 37.3 Å². The zero-order valence-electron chi connectivity index (χ0n) is 13.2. The Morgan fingerprint density at radius 3 is 2.81 bits per heavy atom. The van der Waals surface area contributed by atoms with Gasteiger partial charge in [0.2, 0.25) is 0 Å². The van der Waals surface area contributed by atoms with Crippen LogP contribution in [-0.4, -0.2) is 54.1 Å². The van der Waals surface area contributed by atoms with Crippen molar-refractivity contribution >= 4 is 22.1 Å². The fraction of sp³-hybridized carbons (Fsp3) is 0.667. The maximum Gasteiger partial charge on any atom is 0.195 e. The smallest absolute Gasteiger partial charge is 0.195 e. The number of rotatable bonds is 5. The van der Waals surface area contributed by atoms with Crippen LogP contribution >= 0.6 is 11.3 Å². The van der Waals surface area contributed by atoms with E-state index in [0.717, 1.165) is 31.1 Å². The van der Waals surface area contributed by atoms with Gasteiger partial charge in [-0.15, -0.1) is 11.3 Å². The molecule has 116 valence electrons. The third kappa shape index (κ3) is 2.93. The zero-order chi connectivity index (χ0) is 14.8. The van der Waals surface area contributed by atoms with Crippen LogP contribution in [0.15, 0.2) is 11.6 Å². The van der Waals surface area contributed by atoms with Crippen LogP contribution in [0.2, 0.25) is 0 Å². The number of aromatic nitrogens is 2. The van der Waals surface area contributed by atoms with Gasteiger partial charge < -0.3 is 15.1 Å². The van der Waals surface area contributed by atoms with Gasteiger partial charge in [-0.05, 0) is 33.5 Å². The van der Waals surface area contributed by atoms with Crippen LogP contribution in [0, 0.1) is 0 Å². The van der Waals surface area contributed by atoms with E-state index in [-0.39, 0.29) is 0 Å². The summed E-state index contributed by atoms with van der Waals surface area (Å²) in [5.74, 6) is 1.18. The van der Waals surface area contributed by atoms with E-state index in [1.54, 1.807) is 11.3 Å². The van der Waals surface area contributed by atoms with Crippen LogP contribution in [0.4, 0.5) is 5.82 Å². The van der Waals surface area contributed by atoms with Crippen molar-refractivity contribution in [1.29, 1.82) is 0 Å². The highest BCUT2D eigenvalue weighted by molar-refractivity contribution is 7.15. The second-order valence-corrected chi connectivity index (χ2v) is 6.77. The summed E-state index contributed by atoms with van der Waals surface area (Å²) in [6.07, 6.45) is 4.58. The summed E-state index contributed by atoms with van der Waals surface area (Å²) in [5.41, 5.74) is 1.30. The van der Waals surface area contributed by atoms with Gasteiger partial charge in [0.15, 0.2) is 10.8 Å². The molecule has 3 rings (SSSR count). The molecule has 0 bridgehead atoms. The molecule has 2 aromatic rings. The van der Waals surface area contributed by atoms with Crippen LogP contribution in [0.25, 0.3) is 4.96 Å². The Balaban J connectivity index is 1.81. The molecule has 0 saturated carbocycles. The lowest BCUT2D eigenvalue weighted by molar-refractivity contribution is 0.249. The molecule has 0 aromatic carbocycles. The molecule has 0 atom stereocenters. The molecule has 0 radical (unpaired) electrons. The van der Waals surface area contributed by atoms with E-state index in [4.69, 9.17) is 4.98 Å². The number of fused-ring (bicyclic) bond motifs is 1. The van der Waals surface area contributed by atoms with Crippen molar-refractivity contribution in [3.8, 4) is 0 Å². The highest BCUT2D eigenvalue weighted by Crippen LogP contribution is 2.27. The van der Waals surface area contributed by atoms with Gasteiger partial charge in [-0.3, -0.25) is 4.40 Å².